The van der Waals surface area contributed by atoms with Crippen molar-refractivity contribution in [2.45, 2.75) is 0 Å². The number of anilines is 3. The zero-order valence-electron chi connectivity index (χ0n) is 13.1. The van der Waals surface area contributed by atoms with Crippen molar-refractivity contribution in [3.05, 3.63) is 59.1 Å². The van der Waals surface area contributed by atoms with Crippen molar-refractivity contribution < 1.29 is 9.50 Å². The van der Waals surface area contributed by atoms with Crippen LogP contribution in [-0.4, -0.2) is 33.2 Å². The van der Waals surface area contributed by atoms with Crippen molar-refractivity contribution in [2.75, 3.05) is 23.8 Å². The zero-order valence-corrected chi connectivity index (χ0v) is 14.7. The quantitative estimate of drug-likeness (QED) is 0.583. The lowest BCUT2D eigenvalue weighted by atomic mass is 10.2. The fourth-order valence-electron chi connectivity index (χ4n) is 2.16. The molecule has 0 atom stereocenters. The summed E-state index contributed by atoms with van der Waals surface area (Å²) in [6, 6.07) is 10.1. The van der Waals surface area contributed by atoms with Crippen LogP contribution in [0.5, 0.6) is 0 Å². The lowest BCUT2D eigenvalue weighted by molar-refractivity contribution is 0.311. The van der Waals surface area contributed by atoms with Crippen molar-refractivity contribution >= 4 is 33.4 Å². The Kier molecular flexibility index (Phi) is 5.52. The van der Waals surface area contributed by atoms with E-state index in [1.807, 2.05) is 12.1 Å². The third kappa shape index (κ3) is 4.49. The fraction of sp³-hybridized carbons (Fsp3) is 0.118. The normalized spacial score (nSPS) is 10.5. The van der Waals surface area contributed by atoms with Gasteiger partial charge >= 0.3 is 0 Å². The van der Waals surface area contributed by atoms with E-state index in [1.54, 1.807) is 30.6 Å². The maximum absolute atomic E-state index is 14.1. The molecule has 0 fully saturated rings. The van der Waals surface area contributed by atoms with E-state index in [4.69, 9.17) is 5.11 Å². The molecule has 0 radical (unpaired) electrons. The summed E-state index contributed by atoms with van der Waals surface area (Å²) in [6.07, 6.45) is 3.33. The minimum absolute atomic E-state index is 0.0487. The van der Waals surface area contributed by atoms with Crippen LogP contribution < -0.4 is 10.6 Å². The highest BCUT2D eigenvalue weighted by Crippen LogP contribution is 2.26. The molecule has 0 spiro atoms. The van der Waals surface area contributed by atoms with Crippen LogP contribution in [0, 0.1) is 5.82 Å². The number of nitrogens with one attached hydrogen (secondary N) is 2. The first kappa shape index (κ1) is 17.2. The average molecular weight is 404 g/mol. The van der Waals surface area contributed by atoms with E-state index in [1.165, 1.54) is 6.07 Å². The molecule has 8 heteroatoms. The van der Waals surface area contributed by atoms with Gasteiger partial charge in [0.25, 0.3) is 0 Å². The summed E-state index contributed by atoms with van der Waals surface area (Å²) < 4.78 is 14.7. The number of aliphatic hydroxyl groups excluding tert-OH is 1. The van der Waals surface area contributed by atoms with Crippen LogP contribution in [-0.2, 0) is 0 Å². The van der Waals surface area contributed by atoms with Crippen LogP contribution in [0.25, 0.3) is 11.3 Å². The van der Waals surface area contributed by atoms with E-state index in [9.17, 15) is 4.39 Å². The molecular formula is C17H15BrFN5O. The minimum Gasteiger partial charge on any atom is -0.395 e. The van der Waals surface area contributed by atoms with Gasteiger partial charge in [-0.25, -0.2) is 9.37 Å². The summed E-state index contributed by atoms with van der Waals surface area (Å²) in [4.78, 5) is 12.7. The molecule has 3 N–H and O–H groups in total. The van der Waals surface area contributed by atoms with Gasteiger partial charge in [0.2, 0.25) is 5.95 Å². The van der Waals surface area contributed by atoms with Crippen molar-refractivity contribution in [3.63, 3.8) is 0 Å². The molecule has 0 bridgehead atoms. The van der Waals surface area contributed by atoms with Crippen LogP contribution in [0.1, 0.15) is 0 Å². The van der Waals surface area contributed by atoms with Crippen LogP contribution in [0.4, 0.5) is 21.8 Å². The number of nitrogens with zero attached hydrogens (tertiary/aromatic N) is 3. The largest absolute Gasteiger partial charge is 0.395 e. The van der Waals surface area contributed by atoms with Gasteiger partial charge in [0.15, 0.2) is 0 Å². The Morgan fingerprint density at radius 3 is 2.60 bits per heavy atom. The third-order valence-electron chi connectivity index (χ3n) is 3.29. The molecule has 0 aliphatic rings. The molecule has 128 valence electrons. The first-order chi connectivity index (χ1) is 12.2. The highest BCUT2D eigenvalue weighted by atomic mass is 79.9. The summed E-state index contributed by atoms with van der Waals surface area (Å²) in [6.45, 7) is 0.263. The van der Waals surface area contributed by atoms with Crippen molar-refractivity contribution in [2.24, 2.45) is 0 Å². The summed E-state index contributed by atoms with van der Waals surface area (Å²) >= 11 is 3.23. The second-order valence-corrected chi connectivity index (χ2v) is 6.01. The number of aliphatic hydroxyl groups is 1. The van der Waals surface area contributed by atoms with E-state index < -0.39 is 5.82 Å². The molecule has 0 unspecified atom stereocenters. The molecule has 0 amide bonds. The molecule has 0 saturated heterocycles. The van der Waals surface area contributed by atoms with Crippen molar-refractivity contribution in [3.8, 4) is 11.3 Å². The Morgan fingerprint density at radius 1 is 1.08 bits per heavy atom. The molecule has 3 rings (SSSR count). The smallest absolute Gasteiger partial charge is 0.225 e. The Labute approximate surface area is 152 Å². The van der Waals surface area contributed by atoms with Gasteiger partial charge in [0.1, 0.15) is 11.6 Å². The Morgan fingerprint density at radius 2 is 1.88 bits per heavy atom. The molecule has 0 aliphatic heterocycles. The average Bonchev–Trinajstić information content (AvgIpc) is 2.63. The maximum Gasteiger partial charge on any atom is 0.225 e. The van der Waals surface area contributed by atoms with Crippen LogP contribution in [0.2, 0.25) is 0 Å². The first-order valence-electron chi connectivity index (χ1n) is 7.52. The molecule has 6 nitrogen and oxygen atoms in total. The predicted octanol–water partition coefficient (Wildman–Crippen LogP) is 3.59. The highest BCUT2D eigenvalue weighted by molar-refractivity contribution is 9.10. The lowest BCUT2D eigenvalue weighted by Crippen LogP contribution is -2.10. The summed E-state index contributed by atoms with van der Waals surface area (Å²) in [5, 5.41) is 14.9. The number of hydrogen-bond acceptors (Lipinski definition) is 6. The molecule has 2 aromatic heterocycles. The van der Waals surface area contributed by atoms with E-state index in [2.05, 4.69) is 41.5 Å². The molecule has 3 aromatic rings. The Bertz CT molecular complexity index is 863. The van der Waals surface area contributed by atoms with Gasteiger partial charge in [-0.3, -0.25) is 4.98 Å². The molecule has 0 saturated carbocycles. The number of aromatic nitrogens is 3. The number of halogens is 2. The number of pyridine rings is 1. The maximum atomic E-state index is 14.1. The standard InChI is InChI=1S/C17H15BrFN5O/c18-12-1-2-14(13(19)9-12)22-16-10-15(11-3-5-20-6-4-11)23-17(24-16)21-7-8-25/h1-6,9-10,25H,7-8H2,(H2,21,22,23,24). The zero-order chi connectivity index (χ0) is 17.6. The third-order valence-corrected chi connectivity index (χ3v) is 3.78. The second-order valence-electron chi connectivity index (χ2n) is 5.10. The first-order valence-corrected chi connectivity index (χ1v) is 8.31. The van der Waals surface area contributed by atoms with Crippen LogP contribution >= 0.6 is 15.9 Å². The Balaban J connectivity index is 1.96. The topological polar surface area (TPSA) is 83.0 Å². The number of hydrogen-bond donors (Lipinski definition) is 3. The van der Waals surface area contributed by atoms with Crippen LogP contribution in [0.15, 0.2) is 53.3 Å². The highest BCUT2D eigenvalue weighted by Gasteiger charge is 2.09. The van der Waals surface area contributed by atoms with E-state index >= 15 is 0 Å². The van der Waals surface area contributed by atoms with Gasteiger partial charge in [-0.15, -0.1) is 0 Å². The monoisotopic (exact) mass is 403 g/mol. The molecule has 2 heterocycles. The number of benzene rings is 1. The van der Waals surface area contributed by atoms with Gasteiger partial charge in [-0.05, 0) is 30.3 Å². The number of rotatable bonds is 6. The molecule has 25 heavy (non-hydrogen) atoms. The summed E-state index contributed by atoms with van der Waals surface area (Å²) in [5.74, 6) is 0.371. The van der Waals surface area contributed by atoms with Crippen molar-refractivity contribution in [1.29, 1.82) is 0 Å². The predicted molar refractivity (Wildman–Crippen MR) is 98.2 cm³/mol. The fourth-order valence-corrected chi connectivity index (χ4v) is 2.49. The SMILES string of the molecule is OCCNc1nc(Nc2ccc(Br)cc2F)cc(-c2ccncc2)n1. The minimum atomic E-state index is -0.400. The van der Waals surface area contributed by atoms with Gasteiger partial charge in [0, 0.05) is 35.0 Å². The van der Waals surface area contributed by atoms with Gasteiger partial charge in [-0.1, -0.05) is 15.9 Å². The lowest BCUT2D eigenvalue weighted by Gasteiger charge is -2.11. The second kappa shape index (κ2) is 8.00. The van der Waals surface area contributed by atoms with E-state index in [-0.39, 0.29) is 6.61 Å². The van der Waals surface area contributed by atoms with Gasteiger partial charge < -0.3 is 15.7 Å². The van der Waals surface area contributed by atoms with Crippen molar-refractivity contribution in [1.82, 2.24) is 15.0 Å². The van der Waals surface area contributed by atoms with E-state index in [0.717, 1.165) is 5.56 Å². The molecule has 0 aliphatic carbocycles. The summed E-state index contributed by atoms with van der Waals surface area (Å²) in [7, 11) is 0. The molecular weight excluding hydrogens is 389 g/mol. The van der Waals surface area contributed by atoms with Gasteiger partial charge in [-0.2, -0.15) is 4.98 Å². The van der Waals surface area contributed by atoms with Gasteiger partial charge in [0.05, 0.1) is 18.0 Å². The summed E-state index contributed by atoms with van der Waals surface area (Å²) in [5.41, 5.74) is 1.80. The Hall–Kier alpha value is -2.58. The van der Waals surface area contributed by atoms with E-state index in [0.29, 0.717) is 34.2 Å². The molecule has 1 aromatic carbocycles. The van der Waals surface area contributed by atoms with Crippen LogP contribution in [0.3, 0.4) is 0 Å².